The minimum absolute atomic E-state index is 0.00342. The van der Waals surface area contributed by atoms with Crippen molar-refractivity contribution in [3.63, 3.8) is 0 Å². The molecule has 3 aromatic carbocycles. The molecule has 5 rings (SSSR count). The fourth-order valence-corrected chi connectivity index (χ4v) is 4.14. The van der Waals surface area contributed by atoms with E-state index in [1.807, 2.05) is 0 Å². The highest BCUT2D eigenvalue weighted by Crippen LogP contribution is 2.38. The van der Waals surface area contributed by atoms with Crippen LogP contribution >= 0.6 is 0 Å². The molecule has 4 aromatic rings. The molecule has 9 heteroatoms. The number of nitrogens with one attached hydrogen (secondary N) is 1. The molecule has 0 aliphatic carbocycles. The van der Waals surface area contributed by atoms with Crippen LogP contribution in [0.25, 0.3) is 17.0 Å². The van der Waals surface area contributed by atoms with Crippen LogP contribution in [0.3, 0.4) is 0 Å². The highest BCUT2D eigenvalue weighted by molar-refractivity contribution is 5.86. The highest BCUT2D eigenvalue weighted by Gasteiger charge is 2.36. The molecule has 0 radical (unpaired) electrons. The van der Waals surface area contributed by atoms with Gasteiger partial charge in [0.05, 0.1) is 25.3 Å². The molecule has 182 valence electrons. The zero-order valence-electron chi connectivity index (χ0n) is 19.5. The van der Waals surface area contributed by atoms with E-state index in [0.717, 1.165) is 0 Å². The number of benzene rings is 3. The third-order valence-corrected chi connectivity index (χ3v) is 6.09. The molecule has 0 saturated carbocycles. The van der Waals surface area contributed by atoms with Crippen molar-refractivity contribution < 1.29 is 22.8 Å². The lowest BCUT2D eigenvalue weighted by Gasteiger charge is -2.35. The molecule has 2 heterocycles. The van der Waals surface area contributed by atoms with E-state index in [9.17, 15) is 13.6 Å². The number of amides is 2. The molecule has 1 aromatic heterocycles. The van der Waals surface area contributed by atoms with Crippen molar-refractivity contribution in [2.75, 3.05) is 7.11 Å². The summed E-state index contributed by atoms with van der Waals surface area (Å²) >= 11 is 0. The largest absolute Gasteiger partial charge is 0.497 e. The van der Waals surface area contributed by atoms with Gasteiger partial charge in [-0.05, 0) is 55.0 Å². The standard InChI is InChI=1S/C27H22F2N4O3/c1-16-23(26-31-25(32-36-26)18-9-13-21(35-2)14-10-18)24(17-7-11-20(28)12-8-17)30-27(34)33(16)15-19-5-3-4-6-22(19)29/h3-14,24H,15H2,1-2H3,(H,30,34). The van der Waals surface area contributed by atoms with E-state index in [-0.39, 0.29) is 12.4 Å². The average Bonchev–Trinajstić information content (AvgIpc) is 3.37. The average molecular weight is 488 g/mol. The van der Waals surface area contributed by atoms with E-state index in [4.69, 9.17) is 9.26 Å². The molecule has 1 atom stereocenters. The number of allylic oxidation sites excluding steroid dienone is 1. The lowest BCUT2D eigenvalue weighted by molar-refractivity contribution is 0.202. The normalized spacial score (nSPS) is 15.7. The van der Waals surface area contributed by atoms with Crippen molar-refractivity contribution in [3.8, 4) is 17.1 Å². The van der Waals surface area contributed by atoms with E-state index < -0.39 is 23.7 Å². The Balaban J connectivity index is 1.58. The van der Waals surface area contributed by atoms with Crippen LogP contribution in [0, 0.1) is 11.6 Å². The Hall–Kier alpha value is -4.53. The molecule has 0 saturated heterocycles. The minimum Gasteiger partial charge on any atom is -0.497 e. The fraction of sp³-hybridized carbons (Fsp3) is 0.148. The van der Waals surface area contributed by atoms with Gasteiger partial charge in [0.15, 0.2) is 0 Å². The zero-order chi connectivity index (χ0) is 25.2. The first-order valence-corrected chi connectivity index (χ1v) is 11.2. The Morgan fingerprint density at radius 3 is 2.44 bits per heavy atom. The molecule has 1 unspecified atom stereocenters. The Bertz CT molecular complexity index is 1430. The van der Waals surface area contributed by atoms with Crippen LogP contribution in [0.5, 0.6) is 5.75 Å². The number of hydrogen-bond donors (Lipinski definition) is 1. The molecular weight excluding hydrogens is 466 g/mol. The summed E-state index contributed by atoms with van der Waals surface area (Å²) in [7, 11) is 1.58. The summed E-state index contributed by atoms with van der Waals surface area (Å²) < 4.78 is 38.8. The Kier molecular flexibility index (Phi) is 6.20. The van der Waals surface area contributed by atoms with Gasteiger partial charge in [0, 0.05) is 16.8 Å². The first-order valence-electron chi connectivity index (χ1n) is 11.2. The summed E-state index contributed by atoms with van der Waals surface area (Å²) in [6.45, 7) is 1.74. The lowest BCUT2D eigenvalue weighted by atomic mass is 9.94. The van der Waals surface area contributed by atoms with Gasteiger partial charge in [-0.3, -0.25) is 4.90 Å². The topological polar surface area (TPSA) is 80.5 Å². The molecular formula is C27H22F2N4O3. The summed E-state index contributed by atoms with van der Waals surface area (Å²) in [4.78, 5) is 19.1. The van der Waals surface area contributed by atoms with Crippen LogP contribution in [0.2, 0.25) is 0 Å². The van der Waals surface area contributed by atoms with Crippen LogP contribution in [0.4, 0.5) is 13.6 Å². The number of nitrogens with zero attached hydrogens (tertiary/aromatic N) is 3. The smallest absolute Gasteiger partial charge is 0.322 e. The first-order chi connectivity index (χ1) is 17.4. The van der Waals surface area contributed by atoms with Gasteiger partial charge in [-0.1, -0.05) is 35.5 Å². The second-order valence-corrected chi connectivity index (χ2v) is 8.26. The Morgan fingerprint density at radius 1 is 1.03 bits per heavy atom. The quantitative estimate of drug-likeness (QED) is 0.375. The van der Waals surface area contributed by atoms with Crippen molar-refractivity contribution in [2.45, 2.75) is 19.5 Å². The maximum absolute atomic E-state index is 14.4. The van der Waals surface area contributed by atoms with Crippen LogP contribution < -0.4 is 10.1 Å². The SMILES string of the molecule is COc1ccc(-c2noc(C3=C(C)N(Cc4ccccc4F)C(=O)NC3c3ccc(F)cc3)n2)cc1. The summed E-state index contributed by atoms with van der Waals surface area (Å²) in [5.41, 5.74) is 2.75. The summed E-state index contributed by atoms with van der Waals surface area (Å²) in [6, 6.07) is 18.1. The van der Waals surface area contributed by atoms with Crippen molar-refractivity contribution in [1.82, 2.24) is 20.4 Å². The third kappa shape index (κ3) is 4.43. The summed E-state index contributed by atoms with van der Waals surface area (Å²) in [5, 5.41) is 7.05. The van der Waals surface area contributed by atoms with Gasteiger partial charge in [0.25, 0.3) is 5.89 Å². The molecule has 7 nitrogen and oxygen atoms in total. The second-order valence-electron chi connectivity index (χ2n) is 8.26. The number of carbonyl (C=O) groups is 1. The number of hydrogen-bond acceptors (Lipinski definition) is 5. The summed E-state index contributed by atoms with van der Waals surface area (Å²) in [5.74, 6) is 0.412. The highest BCUT2D eigenvalue weighted by atomic mass is 19.1. The van der Waals surface area contributed by atoms with Crippen molar-refractivity contribution in [3.05, 3.63) is 107 Å². The number of methoxy groups -OCH3 is 1. The molecule has 0 spiro atoms. The lowest BCUT2D eigenvalue weighted by Crippen LogP contribution is -2.45. The molecule has 1 aliphatic rings. The molecule has 0 fully saturated rings. The van der Waals surface area contributed by atoms with Gasteiger partial charge in [-0.2, -0.15) is 4.98 Å². The Labute approximate surface area is 206 Å². The predicted octanol–water partition coefficient (Wildman–Crippen LogP) is 5.72. The maximum Gasteiger partial charge on any atom is 0.322 e. The number of halogens is 2. The van der Waals surface area contributed by atoms with E-state index in [1.54, 1.807) is 68.6 Å². The maximum atomic E-state index is 14.4. The predicted molar refractivity (Wildman–Crippen MR) is 128 cm³/mol. The Morgan fingerprint density at radius 2 is 1.75 bits per heavy atom. The van der Waals surface area contributed by atoms with Gasteiger partial charge in [0.1, 0.15) is 17.4 Å². The van der Waals surface area contributed by atoms with Gasteiger partial charge >= 0.3 is 6.03 Å². The monoisotopic (exact) mass is 488 g/mol. The number of ether oxygens (including phenoxy) is 1. The second kappa shape index (κ2) is 9.61. The molecule has 0 bridgehead atoms. The van der Waals surface area contributed by atoms with Crippen LogP contribution in [0.15, 0.2) is 83.0 Å². The summed E-state index contributed by atoms with van der Waals surface area (Å²) in [6.07, 6.45) is 0. The van der Waals surface area contributed by atoms with Crippen LogP contribution in [-0.2, 0) is 6.54 Å². The van der Waals surface area contributed by atoms with Crippen LogP contribution in [0.1, 0.15) is 30.0 Å². The van der Waals surface area contributed by atoms with Crippen molar-refractivity contribution in [1.29, 1.82) is 0 Å². The van der Waals surface area contributed by atoms with Gasteiger partial charge in [-0.25, -0.2) is 13.6 Å². The number of carbonyl (C=O) groups excluding carboxylic acids is 1. The number of aromatic nitrogens is 2. The third-order valence-electron chi connectivity index (χ3n) is 6.09. The van der Waals surface area contributed by atoms with E-state index >= 15 is 0 Å². The van der Waals surface area contributed by atoms with E-state index in [2.05, 4.69) is 15.5 Å². The molecule has 2 amide bonds. The zero-order valence-corrected chi connectivity index (χ0v) is 19.5. The van der Waals surface area contributed by atoms with E-state index in [1.165, 1.54) is 23.1 Å². The number of rotatable bonds is 6. The molecule has 36 heavy (non-hydrogen) atoms. The minimum atomic E-state index is -0.681. The van der Waals surface area contributed by atoms with Gasteiger partial charge in [0.2, 0.25) is 5.82 Å². The van der Waals surface area contributed by atoms with Crippen LogP contribution in [-0.4, -0.2) is 28.2 Å². The molecule has 1 aliphatic heterocycles. The van der Waals surface area contributed by atoms with E-state index in [0.29, 0.717) is 39.5 Å². The number of urea groups is 1. The van der Waals surface area contributed by atoms with Gasteiger partial charge < -0.3 is 14.6 Å². The molecule has 1 N–H and O–H groups in total. The van der Waals surface area contributed by atoms with Gasteiger partial charge in [-0.15, -0.1) is 0 Å². The van der Waals surface area contributed by atoms with Crippen molar-refractivity contribution in [2.24, 2.45) is 0 Å². The fourth-order valence-electron chi connectivity index (χ4n) is 4.14. The van der Waals surface area contributed by atoms with Crippen molar-refractivity contribution >= 4 is 11.6 Å². The first kappa shape index (κ1) is 23.2.